The number of hydrogen-bond acceptors (Lipinski definition) is 7. The monoisotopic (exact) mass is 449 g/mol. The van der Waals surface area contributed by atoms with E-state index in [9.17, 15) is 9.59 Å². The van der Waals surface area contributed by atoms with Crippen molar-refractivity contribution in [2.75, 3.05) is 14.2 Å². The predicted octanol–water partition coefficient (Wildman–Crippen LogP) is 2.79. The van der Waals surface area contributed by atoms with Gasteiger partial charge in [0.2, 0.25) is 4.96 Å². The molecule has 2 aromatic heterocycles. The number of hydrogen-bond donors (Lipinski definition) is 0. The highest BCUT2D eigenvalue weighted by molar-refractivity contribution is 7.15. The van der Waals surface area contributed by atoms with E-state index in [0.29, 0.717) is 21.9 Å². The van der Waals surface area contributed by atoms with Gasteiger partial charge in [0.1, 0.15) is 5.69 Å². The molecule has 0 saturated carbocycles. The normalized spacial score (nSPS) is 12.0. The van der Waals surface area contributed by atoms with Crippen LogP contribution in [0, 0.1) is 0 Å². The van der Waals surface area contributed by atoms with E-state index < -0.39 is 5.56 Å². The summed E-state index contributed by atoms with van der Waals surface area (Å²) in [6.45, 7) is 4.27. The number of ether oxygens (including phenoxy) is 2. The van der Waals surface area contributed by atoms with Gasteiger partial charge in [-0.05, 0) is 40.8 Å². The van der Waals surface area contributed by atoms with E-state index in [1.54, 1.807) is 32.4 Å². The first-order valence-corrected chi connectivity index (χ1v) is 11.0. The van der Waals surface area contributed by atoms with Crippen LogP contribution in [0.1, 0.15) is 42.1 Å². The molecule has 2 aromatic carbocycles. The van der Waals surface area contributed by atoms with E-state index in [4.69, 9.17) is 9.47 Å². The Hall–Kier alpha value is -3.52. The van der Waals surface area contributed by atoms with Crippen LogP contribution in [0.2, 0.25) is 0 Å². The van der Waals surface area contributed by atoms with Crippen molar-refractivity contribution >= 4 is 22.4 Å². The molecule has 0 aliphatic rings. The van der Waals surface area contributed by atoms with E-state index in [2.05, 4.69) is 36.1 Å². The van der Waals surface area contributed by atoms with Gasteiger partial charge in [0, 0.05) is 6.42 Å². The molecule has 0 saturated heterocycles. The third-order valence-corrected chi connectivity index (χ3v) is 6.13. The molecular weight excluding hydrogens is 426 g/mol. The molecule has 4 rings (SSSR count). The Morgan fingerprint density at radius 3 is 2.41 bits per heavy atom. The highest BCUT2D eigenvalue weighted by Gasteiger charge is 2.13. The van der Waals surface area contributed by atoms with Crippen LogP contribution in [0.15, 0.2) is 52.1 Å². The van der Waals surface area contributed by atoms with Crippen LogP contribution in [0.3, 0.4) is 0 Å². The molecular formula is C24H23N3O4S. The highest BCUT2D eigenvalue weighted by Crippen LogP contribution is 2.28. The van der Waals surface area contributed by atoms with Gasteiger partial charge in [0.25, 0.3) is 11.1 Å². The Labute approximate surface area is 188 Å². The van der Waals surface area contributed by atoms with Gasteiger partial charge in [-0.3, -0.25) is 9.59 Å². The fraction of sp³-hybridized carbons (Fsp3) is 0.250. The number of fused-ring (bicyclic) bond motifs is 1. The third kappa shape index (κ3) is 4.27. The maximum absolute atomic E-state index is 12.9. The zero-order chi connectivity index (χ0) is 22.8. The SMILES string of the molecule is COc1ccc(Cc2nn3c(=O)c(=Cc4ccc(C(C)C)cc4)sc3nc2=O)cc1OC. The molecule has 32 heavy (non-hydrogen) atoms. The summed E-state index contributed by atoms with van der Waals surface area (Å²) in [6, 6.07) is 13.4. The molecule has 0 aliphatic carbocycles. The van der Waals surface area contributed by atoms with Crippen molar-refractivity contribution in [3.8, 4) is 11.5 Å². The van der Waals surface area contributed by atoms with Crippen molar-refractivity contribution in [3.63, 3.8) is 0 Å². The van der Waals surface area contributed by atoms with Gasteiger partial charge in [0.05, 0.1) is 18.8 Å². The molecule has 0 N–H and O–H groups in total. The summed E-state index contributed by atoms with van der Waals surface area (Å²) in [5.74, 6) is 1.59. The van der Waals surface area contributed by atoms with E-state index in [-0.39, 0.29) is 22.6 Å². The smallest absolute Gasteiger partial charge is 0.296 e. The lowest BCUT2D eigenvalue weighted by Gasteiger charge is -2.09. The van der Waals surface area contributed by atoms with Crippen molar-refractivity contribution in [2.45, 2.75) is 26.2 Å². The summed E-state index contributed by atoms with van der Waals surface area (Å²) < 4.78 is 12.2. The van der Waals surface area contributed by atoms with Crippen molar-refractivity contribution in [1.82, 2.24) is 14.6 Å². The summed E-state index contributed by atoms with van der Waals surface area (Å²) >= 11 is 1.15. The molecule has 0 radical (unpaired) electrons. The van der Waals surface area contributed by atoms with Gasteiger partial charge < -0.3 is 9.47 Å². The fourth-order valence-corrected chi connectivity index (χ4v) is 4.27. The van der Waals surface area contributed by atoms with Crippen molar-refractivity contribution < 1.29 is 9.47 Å². The molecule has 7 nitrogen and oxygen atoms in total. The molecule has 2 heterocycles. The van der Waals surface area contributed by atoms with Gasteiger partial charge >= 0.3 is 0 Å². The first-order chi connectivity index (χ1) is 15.4. The molecule has 0 aliphatic heterocycles. The number of rotatable bonds is 6. The van der Waals surface area contributed by atoms with Crippen molar-refractivity contribution in [1.29, 1.82) is 0 Å². The largest absolute Gasteiger partial charge is 0.493 e. The highest BCUT2D eigenvalue weighted by atomic mass is 32.1. The second-order valence-electron chi connectivity index (χ2n) is 7.66. The molecule has 164 valence electrons. The Morgan fingerprint density at radius 1 is 1.03 bits per heavy atom. The minimum Gasteiger partial charge on any atom is -0.493 e. The van der Waals surface area contributed by atoms with Crippen LogP contribution in [-0.2, 0) is 6.42 Å². The van der Waals surface area contributed by atoms with Crippen molar-refractivity contribution in [2.24, 2.45) is 0 Å². The molecule has 0 atom stereocenters. The van der Waals surface area contributed by atoms with E-state index in [0.717, 1.165) is 22.5 Å². The lowest BCUT2D eigenvalue weighted by atomic mass is 10.0. The van der Waals surface area contributed by atoms with E-state index in [1.165, 1.54) is 10.1 Å². The number of aromatic nitrogens is 3. The fourth-order valence-electron chi connectivity index (χ4n) is 3.36. The zero-order valence-electron chi connectivity index (χ0n) is 18.3. The standard InChI is InChI=1S/C24H23N3O4S/c1-14(2)17-8-5-15(6-9-17)13-21-23(29)27-24(32-21)25-22(28)18(26-27)11-16-7-10-19(30-3)20(12-16)31-4/h5-10,12-14H,11H2,1-4H3. The lowest BCUT2D eigenvalue weighted by Crippen LogP contribution is -2.28. The maximum atomic E-state index is 12.9. The molecule has 4 aromatic rings. The molecule has 0 fully saturated rings. The number of nitrogens with zero attached hydrogens (tertiary/aromatic N) is 3. The molecule has 8 heteroatoms. The molecule has 0 unspecified atom stereocenters. The minimum atomic E-state index is -0.450. The van der Waals surface area contributed by atoms with E-state index in [1.807, 2.05) is 18.2 Å². The van der Waals surface area contributed by atoms with Gasteiger partial charge in [-0.25, -0.2) is 0 Å². The maximum Gasteiger partial charge on any atom is 0.296 e. The summed E-state index contributed by atoms with van der Waals surface area (Å²) in [4.78, 5) is 29.8. The second kappa shape index (κ2) is 8.92. The van der Waals surface area contributed by atoms with Crippen LogP contribution in [0.25, 0.3) is 11.0 Å². The van der Waals surface area contributed by atoms with Crippen LogP contribution in [0.4, 0.5) is 0 Å². The van der Waals surface area contributed by atoms with Crippen LogP contribution >= 0.6 is 11.3 Å². The van der Waals surface area contributed by atoms with Gasteiger partial charge in [-0.15, -0.1) is 0 Å². The first kappa shape index (κ1) is 21.7. The predicted molar refractivity (Wildman–Crippen MR) is 125 cm³/mol. The number of benzene rings is 2. The Kier molecular flexibility index (Phi) is 6.05. The minimum absolute atomic E-state index is 0.192. The third-order valence-electron chi connectivity index (χ3n) is 5.17. The van der Waals surface area contributed by atoms with Gasteiger partial charge in [-0.2, -0.15) is 14.6 Å². The van der Waals surface area contributed by atoms with Crippen LogP contribution < -0.4 is 25.1 Å². The average Bonchev–Trinajstić information content (AvgIpc) is 3.08. The topological polar surface area (TPSA) is 82.8 Å². The Balaban J connectivity index is 1.72. The molecule has 0 bridgehead atoms. The van der Waals surface area contributed by atoms with Crippen LogP contribution in [-0.4, -0.2) is 28.8 Å². The Bertz CT molecular complexity index is 1440. The summed E-state index contributed by atoms with van der Waals surface area (Å²) in [7, 11) is 3.11. The molecule has 0 spiro atoms. The average molecular weight is 450 g/mol. The number of methoxy groups -OCH3 is 2. The summed E-state index contributed by atoms with van der Waals surface area (Å²) in [6.07, 6.45) is 2.02. The summed E-state index contributed by atoms with van der Waals surface area (Å²) in [5, 5.41) is 4.31. The Morgan fingerprint density at radius 2 is 1.75 bits per heavy atom. The first-order valence-electron chi connectivity index (χ1n) is 10.1. The van der Waals surface area contributed by atoms with Crippen LogP contribution in [0.5, 0.6) is 11.5 Å². The quantitative estimate of drug-likeness (QED) is 0.450. The lowest BCUT2D eigenvalue weighted by molar-refractivity contribution is 0.354. The summed E-state index contributed by atoms with van der Waals surface area (Å²) in [5.41, 5.74) is 2.39. The van der Waals surface area contributed by atoms with Gasteiger partial charge in [0.15, 0.2) is 11.5 Å². The second-order valence-corrected chi connectivity index (χ2v) is 8.67. The zero-order valence-corrected chi connectivity index (χ0v) is 19.1. The van der Waals surface area contributed by atoms with Gasteiger partial charge in [-0.1, -0.05) is 55.5 Å². The van der Waals surface area contributed by atoms with Crippen molar-refractivity contribution in [3.05, 3.63) is 90.1 Å². The van der Waals surface area contributed by atoms with E-state index >= 15 is 0 Å². The molecule has 0 amide bonds. The number of thiazole rings is 1.